The summed E-state index contributed by atoms with van der Waals surface area (Å²) in [5.74, 6) is -1.33. The predicted octanol–water partition coefficient (Wildman–Crippen LogP) is 5.90. The first-order chi connectivity index (χ1) is 15.0. The van der Waals surface area contributed by atoms with E-state index in [9.17, 15) is 14.0 Å². The molecule has 1 aliphatic carbocycles. The van der Waals surface area contributed by atoms with Crippen LogP contribution in [0.1, 0.15) is 68.9 Å². The molecule has 0 fully saturated rings. The molecule has 160 valence electrons. The van der Waals surface area contributed by atoms with Crippen LogP contribution in [0.25, 0.3) is 0 Å². The minimum Gasteiger partial charge on any atom is -0.345 e. The SMILES string of the molecule is C[C@H](NC(=O)c1c(NC(=O)c2ccccc2F)sc2c1CCCCC2)c1ccccc1. The van der Waals surface area contributed by atoms with Crippen molar-refractivity contribution in [3.8, 4) is 0 Å². The van der Waals surface area contributed by atoms with Crippen LogP contribution in [0.2, 0.25) is 0 Å². The second-order valence-electron chi connectivity index (χ2n) is 7.81. The van der Waals surface area contributed by atoms with Crippen LogP contribution in [0.5, 0.6) is 0 Å². The predicted molar refractivity (Wildman–Crippen MR) is 122 cm³/mol. The number of nitrogens with one attached hydrogen (secondary N) is 2. The lowest BCUT2D eigenvalue weighted by molar-refractivity contribution is 0.0940. The van der Waals surface area contributed by atoms with E-state index in [1.165, 1.54) is 23.5 Å². The third kappa shape index (κ3) is 4.69. The van der Waals surface area contributed by atoms with E-state index in [0.29, 0.717) is 10.6 Å². The third-order valence-electron chi connectivity index (χ3n) is 5.64. The number of rotatable bonds is 5. The quantitative estimate of drug-likeness (QED) is 0.489. The summed E-state index contributed by atoms with van der Waals surface area (Å²) in [5, 5.41) is 6.39. The molecule has 31 heavy (non-hydrogen) atoms. The molecule has 1 atom stereocenters. The highest BCUT2D eigenvalue weighted by Gasteiger charge is 2.27. The lowest BCUT2D eigenvalue weighted by atomic mass is 10.0. The molecule has 4 rings (SSSR count). The molecule has 0 bridgehead atoms. The Kier molecular flexibility index (Phi) is 6.47. The van der Waals surface area contributed by atoms with Gasteiger partial charge in [-0.3, -0.25) is 9.59 Å². The molecule has 3 aromatic rings. The number of thiophene rings is 1. The minimum absolute atomic E-state index is 0.0323. The van der Waals surface area contributed by atoms with Crippen LogP contribution >= 0.6 is 11.3 Å². The summed E-state index contributed by atoms with van der Waals surface area (Å²) in [6.07, 6.45) is 4.91. The molecule has 0 radical (unpaired) electrons. The lowest BCUT2D eigenvalue weighted by Crippen LogP contribution is -2.28. The second kappa shape index (κ2) is 9.43. The summed E-state index contributed by atoms with van der Waals surface area (Å²) in [4.78, 5) is 27.2. The average molecular weight is 437 g/mol. The summed E-state index contributed by atoms with van der Waals surface area (Å²) in [6, 6.07) is 15.5. The van der Waals surface area contributed by atoms with E-state index in [1.54, 1.807) is 12.1 Å². The molecule has 0 aliphatic heterocycles. The van der Waals surface area contributed by atoms with Gasteiger partial charge in [-0.25, -0.2) is 4.39 Å². The van der Waals surface area contributed by atoms with Crippen LogP contribution in [0, 0.1) is 5.82 Å². The number of fused-ring (bicyclic) bond motifs is 1. The van der Waals surface area contributed by atoms with Gasteiger partial charge in [-0.15, -0.1) is 11.3 Å². The van der Waals surface area contributed by atoms with E-state index in [0.717, 1.165) is 48.1 Å². The first-order valence-corrected chi connectivity index (χ1v) is 11.4. The Labute approximate surface area is 185 Å². The zero-order chi connectivity index (χ0) is 21.8. The molecule has 2 N–H and O–H groups in total. The van der Waals surface area contributed by atoms with E-state index in [1.807, 2.05) is 37.3 Å². The number of amides is 2. The number of hydrogen-bond donors (Lipinski definition) is 2. The smallest absolute Gasteiger partial charge is 0.259 e. The fraction of sp³-hybridized carbons (Fsp3) is 0.280. The van der Waals surface area contributed by atoms with E-state index in [4.69, 9.17) is 0 Å². The van der Waals surface area contributed by atoms with E-state index < -0.39 is 11.7 Å². The molecule has 1 heterocycles. The zero-order valence-corrected chi connectivity index (χ0v) is 18.2. The van der Waals surface area contributed by atoms with Crippen LogP contribution in [-0.2, 0) is 12.8 Å². The maximum atomic E-state index is 14.1. The van der Waals surface area contributed by atoms with Gasteiger partial charge in [0.1, 0.15) is 10.8 Å². The van der Waals surface area contributed by atoms with Gasteiger partial charge in [0.05, 0.1) is 17.2 Å². The van der Waals surface area contributed by atoms with Gasteiger partial charge in [-0.1, -0.05) is 48.9 Å². The highest BCUT2D eigenvalue weighted by molar-refractivity contribution is 7.17. The Morgan fingerprint density at radius 1 is 0.935 bits per heavy atom. The van der Waals surface area contributed by atoms with E-state index in [2.05, 4.69) is 10.6 Å². The van der Waals surface area contributed by atoms with Crippen molar-refractivity contribution >= 4 is 28.2 Å². The number of benzene rings is 2. The standard InChI is InChI=1S/C25H25FN2O2S/c1-16(17-10-4-2-5-11-17)27-24(30)22-19-13-6-3-7-15-21(19)31-25(22)28-23(29)18-12-8-9-14-20(18)26/h2,4-5,8-12,14,16H,3,6-7,13,15H2,1H3,(H,27,30)(H,28,29)/t16-/m0/s1. The second-order valence-corrected chi connectivity index (χ2v) is 8.91. The molecule has 4 nitrogen and oxygen atoms in total. The van der Waals surface area contributed by atoms with Crippen LogP contribution in [0.15, 0.2) is 54.6 Å². The van der Waals surface area contributed by atoms with Crippen molar-refractivity contribution in [2.24, 2.45) is 0 Å². The van der Waals surface area contributed by atoms with Crippen molar-refractivity contribution in [1.29, 1.82) is 0 Å². The van der Waals surface area contributed by atoms with Gasteiger partial charge in [0.15, 0.2) is 0 Å². The Morgan fingerprint density at radius 3 is 2.42 bits per heavy atom. The van der Waals surface area contributed by atoms with Crippen molar-refractivity contribution in [2.45, 2.75) is 45.1 Å². The van der Waals surface area contributed by atoms with Crippen molar-refractivity contribution in [2.75, 3.05) is 5.32 Å². The van der Waals surface area contributed by atoms with Crippen LogP contribution < -0.4 is 10.6 Å². The Balaban J connectivity index is 1.65. The van der Waals surface area contributed by atoms with Gasteiger partial charge < -0.3 is 10.6 Å². The van der Waals surface area contributed by atoms with Crippen molar-refractivity contribution in [3.05, 3.63) is 87.5 Å². The topological polar surface area (TPSA) is 58.2 Å². The number of carbonyl (C=O) groups excluding carboxylic acids is 2. The van der Waals surface area contributed by atoms with Crippen molar-refractivity contribution < 1.29 is 14.0 Å². The van der Waals surface area contributed by atoms with Gasteiger partial charge >= 0.3 is 0 Å². The number of carbonyl (C=O) groups is 2. The fourth-order valence-electron chi connectivity index (χ4n) is 3.98. The van der Waals surface area contributed by atoms with Crippen LogP contribution in [0.4, 0.5) is 9.39 Å². The monoisotopic (exact) mass is 436 g/mol. The number of hydrogen-bond acceptors (Lipinski definition) is 3. The maximum Gasteiger partial charge on any atom is 0.259 e. The largest absolute Gasteiger partial charge is 0.345 e. The van der Waals surface area contributed by atoms with Crippen molar-refractivity contribution in [1.82, 2.24) is 5.32 Å². The molecule has 2 aromatic carbocycles. The maximum absolute atomic E-state index is 14.1. The average Bonchev–Trinajstić information content (AvgIpc) is 2.95. The van der Waals surface area contributed by atoms with Crippen molar-refractivity contribution in [3.63, 3.8) is 0 Å². The molecule has 0 saturated heterocycles. The van der Waals surface area contributed by atoms with Crippen LogP contribution in [-0.4, -0.2) is 11.8 Å². The zero-order valence-electron chi connectivity index (χ0n) is 17.4. The van der Waals surface area contributed by atoms with Gasteiger partial charge in [0, 0.05) is 4.88 Å². The molecule has 2 amide bonds. The summed E-state index contributed by atoms with van der Waals surface area (Å²) >= 11 is 1.44. The summed E-state index contributed by atoms with van der Waals surface area (Å²) in [7, 11) is 0. The minimum atomic E-state index is -0.582. The summed E-state index contributed by atoms with van der Waals surface area (Å²) in [6.45, 7) is 1.94. The fourth-order valence-corrected chi connectivity index (χ4v) is 5.26. The van der Waals surface area contributed by atoms with Gasteiger partial charge in [0.2, 0.25) is 0 Å². The Morgan fingerprint density at radius 2 is 1.65 bits per heavy atom. The highest BCUT2D eigenvalue weighted by atomic mass is 32.1. The molecular weight excluding hydrogens is 411 g/mol. The third-order valence-corrected chi connectivity index (χ3v) is 6.85. The molecule has 0 spiro atoms. The number of aryl methyl sites for hydroxylation is 1. The Bertz CT molecular complexity index is 1090. The first kappa shape index (κ1) is 21.2. The normalized spacial score (nSPS) is 14.3. The highest BCUT2D eigenvalue weighted by Crippen LogP contribution is 2.38. The van der Waals surface area contributed by atoms with Gasteiger partial charge in [-0.05, 0) is 55.9 Å². The molecule has 1 aromatic heterocycles. The molecule has 1 aliphatic rings. The summed E-state index contributed by atoms with van der Waals surface area (Å²) in [5.41, 5.74) is 2.52. The number of halogens is 1. The van der Waals surface area contributed by atoms with Gasteiger partial charge in [0.25, 0.3) is 11.8 Å². The van der Waals surface area contributed by atoms with E-state index >= 15 is 0 Å². The first-order valence-electron chi connectivity index (χ1n) is 10.6. The number of anilines is 1. The van der Waals surface area contributed by atoms with Gasteiger partial charge in [-0.2, -0.15) is 0 Å². The van der Waals surface area contributed by atoms with E-state index in [-0.39, 0.29) is 17.5 Å². The molecular formula is C25H25FN2O2S. The lowest BCUT2D eigenvalue weighted by Gasteiger charge is -2.16. The molecule has 6 heteroatoms. The molecule has 0 unspecified atom stereocenters. The molecule has 0 saturated carbocycles. The summed E-state index contributed by atoms with van der Waals surface area (Å²) < 4.78 is 14.1. The Hall–Kier alpha value is -2.99. The van der Waals surface area contributed by atoms with Crippen LogP contribution in [0.3, 0.4) is 0 Å².